The van der Waals surface area contributed by atoms with Gasteiger partial charge in [0.25, 0.3) is 0 Å². The molecule has 0 bridgehead atoms. The summed E-state index contributed by atoms with van der Waals surface area (Å²) in [7, 11) is 1.63. The molecule has 94 valence electrons. The summed E-state index contributed by atoms with van der Waals surface area (Å²) in [5.41, 5.74) is 5.57. The predicted octanol–water partition coefficient (Wildman–Crippen LogP) is 1.19. The third-order valence-electron chi connectivity index (χ3n) is 3.43. The van der Waals surface area contributed by atoms with Gasteiger partial charge < -0.3 is 15.8 Å². The van der Waals surface area contributed by atoms with Crippen molar-refractivity contribution in [1.29, 1.82) is 0 Å². The Morgan fingerprint density at radius 1 is 1.38 bits per heavy atom. The fourth-order valence-electron chi connectivity index (χ4n) is 2.37. The van der Waals surface area contributed by atoms with Crippen LogP contribution in [0.3, 0.4) is 0 Å². The van der Waals surface area contributed by atoms with Crippen LogP contribution in [0.1, 0.15) is 45.4 Å². The zero-order chi connectivity index (χ0) is 12.0. The molecular formula is C12H24N2O2. The van der Waals surface area contributed by atoms with Crippen molar-refractivity contribution in [2.24, 2.45) is 5.73 Å². The summed E-state index contributed by atoms with van der Waals surface area (Å²) in [6, 6.07) is 0. The van der Waals surface area contributed by atoms with Crippen LogP contribution >= 0.6 is 0 Å². The maximum atomic E-state index is 11.5. The highest BCUT2D eigenvalue weighted by atomic mass is 16.5. The van der Waals surface area contributed by atoms with E-state index in [0.29, 0.717) is 6.54 Å². The summed E-state index contributed by atoms with van der Waals surface area (Å²) in [4.78, 5) is 11.5. The summed E-state index contributed by atoms with van der Waals surface area (Å²) < 4.78 is 5.92. The van der Waals surface area contributed by atoms with Gasteiger partial charge in [0.2, 0.25) is 5.91 Å². The molecule has 0 heterocycles. The first-order valence-corrected chi connectivity index (χ1v) is 6.23. The van der Waals surface area contributed by atoms with E-state index in [9.17, 15) is 4.79 Å². The Hall–Kier alpha value is -0.610. The number of hydrogen-bond donors (Lipinski definition) is 2. The Labute approximate surface area is 97.9 Å². The molecule has 1 aliphatic rings. The lowest BCUT2D eigenvalue weighted by atomic mass is 9.94. The van der Waals surface area contributed by atoms with Crippen molar-refractivity contribution in [3.8, 4) is 0 Å². The van der Waals surface area contributed by atoms with Gasteiger partial charge in [0.15, 0.2) is 0 Å². The van der Waals surface area contributed by atoms with Crippen LogP contribution in [0.15, 0.2) is 0 Å². The van der Waals surface area contributed by atoms with E-state index in [2.05, 4.69) is 5.32 Å². The molecule has 1 atom stereocenters. The van der Waals surface area contributed by atoms with E-state index < -0.39 is 6.10 Å². The minimum Gasteiger partial charge on any atom is -0.361 e. The van der Waals surface area contributed by atoms with E-state index >= 15 is 0 Å². The van der Waals surface area contributed by atoms with Crippen molar-refractivity contribution >= 4 is 5.91 Å². The molecule has 16 heavy (non-hydrogen) atoms. The molecule has 3 N–H and O–H groups in total. The number of likely N-dealkylation sites (N-methyl/N-ethyl adjacent to an activating group) is 1. The molecule has 4 nitrogen and oxygen atoms in total. The molecule has 1 aliphatic carbocycles. The van der Waals surface area contributed by atoms with E-state index in [1.54, 1.807) is 14.0 Å². The van der Waals surface area contributed by atoms with Crippen molar-refractivity contribution in [3.05, 3.63) is 0 Å². The zero-order valence-corrected chi connectivity index (χ0v) is 10.4. The van der Waals surface area contributed by atoms with Crippen LogP contribution in [0.25, 0.3) is 0 Å². The first-order valence-electron chi connectivity index (χ1n) is 6.23. The molecule has 1 amide bonds. The van der Waals surface area contributed by atoms with Crippen molar-refractivity contribution < 1.29 is 9.53 Å². The number of rotatable bonds is 4. The number of hydrogen-bond acceptors (Lipinski definition) is 3. The topological polar surface area (TPSA) is 64.3 Å². The van der Waals surface area contributed by atoms with Crippen LogP contribution in [0.5, 0.6) is 0 Å². The molecule has 0 spiro atoms. The minimum absolute atomic E-state index is 0.0722. The summed E-state index contributed by atoms with van der Waals surface area (Å²) >= 11 is 0. The molecule has 1 unspecified atom stereocenters. The van der Waals surface area contributed by atoms with Gasteiger partial charge in [-0.3, -0.25) is 4.79 Å². The van der Waals surface area contributed by atoms with E-state index in [1.165, 1.54) is 12.8 Å². The second kappa shape index (κ2) is 6.21. The van der Waals surface area contributed by atoms with Crippen LogP contribution < -0.4 is 11.1 Å². The molecule has 0 aliphatic heterocycles. The van der Waals surface area contributed by atoms with Crippen molar-refractivity contribution in [2.45, 2.75) is 57.2 Å². The van der Waals surface area contributed by atoms with Crippen molar-refractivity contribution in [1.82, 2.24) is 5.32 Å². The van der Waals surface area contributed by atoms with Gasteiger partial charge in [0, 0.05) is 13.6 Å². The standard InChI is InChI=1S/C12H24N2O2/c1-10(11(15)14-2)16-12(9-13)7-5-3-4-6-8-12/h10H,3-9,13H2,1-2H3,(H,14,15). The molecule has 1 rings (SSSR count). The van der Waals surface area contributed by atoms with Gasteiger partial charge in [-0.15, -0.1) is 0 Å². The molecule has 1 fully saturated rings. The van der Waals surface area contributed by atoms with Gasteiger partial charge in [0.1, 0.15) is 6.10 Å². The van der Waals surface area contributed by atoms with Gasteiger partial charge in [0.05, 0.1) is 5.60 Å². The van der Waals surface area contributed by atoms with Crippen LogP contribution in [0.2, 0.25) is 0 Å². The number of nitrogens with one attached hydrogen (secondary N) is 1. The van der Waals surface area contributed by atoms with Gasteiger partial charge in [-0.05, 0) is 19.8 Å². The van der Waals surface area contributed by atoms with Gasteiger partial charge in [-0.2, -0.15) is 0 Å². The monoisotopic (exact) mass is 228 g/mol. The van der Waals surface area contributed by atoms with E-state index in [4.69, 9.17) is 10.5 Å². The van der Waals surface area contributed by atoms with Crippen molar-refractivity contribution in [2.75, 3.05) is 13.6 Å². The molecule has 0 aromatic rings. The van der Waals surface area contributed by atoms with Gasteiger partial charge in [-0.1, -0.05) is 25.7 Å². The molecule has 0 aromatic heterocycles. The fraction of sp³-hybridized carbons (Fsp3) is 0.917. The summed E-state index contributed by atoms with van der Waals surface area (Å²) in [6.45, 7) is 2.30. The normalized spacial score (nSPS) is 22.2. The number of carbonyl (C=O) groups excluding carboxylic acids is 1. The van der Waals surface area contributed by atoms with E-state index in [-0.39, 0.29) is 11.5 Å². The van der Waals surface area contributed by atoms with Crippen LogP contribution in [-0.4, -0.2) is 31.2 Å². The zero-order valence-electron chi connectivity index (χ0n) is 10.4. The van der Waals surface area contributed by atoms with E-state index in [1.807, 2.05) is 0 Å². The highest BCUT2D eigenvalue weighted by Crippen LogP contribution is 2.30. The minimum atomic E-state index is -0.411. The fourth-order valence-corrected chi connectivity index (χ4v) is 2.37. The van der Waals surface area contributed by atoms with Gasteiger partial charge in [-0.25, -0.2) is 0 Å². The third kappa shape index (κ3) is 3.46. The predicted molar refractivity (Wildman–Crippen MR) is 64.1 cm³/mol. The lowest BCUT2D eigenvalue weighted by molar-refractivity contribution is -0.146. The molecule has 0 saturated heterocycles. The summed E-state index contributed by atoms with van der Waals surface area (Å²) in [5, 5.41) is 2.61. The number of carbonyl (C=O) groups is 1. The maximum Gasteiger partial charge on any atom is 0.248 e. The SMILES string of the molecule is CNC(=O)C(C)OC1(CN)CCCCCC1. The molecule has 0 radical (unpaired) electrons. The van der Waals surface area contributed by atoms with Crippen LogP contribution in [-0.2, 0) is 9.53 Å². The Morgan fingerprint density at radius 3 is 2.38 bits per heavy atom. The highest BCUT2D eigenvalue weighted by molar-refractivity contribution is 5.80. The number of amides is 1. The smallest absolute Gasteiger partial charge is 0.248 e. The van der Waals surface area contributed by atoms with Crippen LogP contribution in [0, 0.1) is 0 Å². The number of nitrogens with two attached hydrogens (primary N) is 1. The third-order valence-corrected chi connectivity index (χ3v) is 3.43. The Morgan fingerprint density at radius 2 is 1.94 bits per heavy atom. The van der Waals surface area contributed by atoms with Gasteiger partial charge >= 0.3 is 0 Å². The Kier molecular flexibility index (Phi) is 5.22. The van der Waals surface area contributed by atoms with E-state index in [0.717, 1.165) is 25.7 Å². The second-order valence-electron chi connectivity index (χ2n) is 4.68. The summed E-state index contributed by atoms with van der Waals surface area (Å²) in [5.74, 6) is -0.0722. The molecule has 4 heteroatoms. The first kappa shape index (κ1) is 13.5. The Bertz CT molecular complexity index is 223. The highest BCUT2D eigenvalue weighted by Gasteiger charge is 2.33. The van der Waals surface area contributed by atoms with Crippen LogP contribution in [0.4, 0.5) is 0 Å². The average Bonchev–Trinajstić information content (AvgIpc) is 2.54. The lowest BCUT2D eigenvalue weighted by Gasteiger charge is -2.34. The molecule has 1 saturated carbocycles. The molecule has 0 aromatic carbocycles. The molecular weight excluding hydrogens is 204 g/mol. The second-order valence-corrected chi connectivity index (χ2v) is 4.68. The first-order chi connectivity index (χ1) is 7.63. The summed E-state index contributed by atoms with van der Waals surface area (Å²) in [6.07, 6.45) is 6.34. The largest absolute Gasteiger partial charge is 0.361 e. The Balaban J connectivity index is 2.60. The lowest BCUT2D eigenvalue weighted by Crippen LogP contribution is -2.46. The quantitative estimate of drug-likeness (QED) is 0.710. The van der Waals surface area contributed by atoms with Crippen molar-refractivity contribution in [3.63, 3.8) is 0 Å². The average molecular weight is 228 g/mol. The number of ether oxygens (including phenoxy) is 1. The maximum absolute atomic E-state index is 11.5.